The van der Waals surface area contributed by atoms with Crippen LogP contribution in [0.3, 0.4) is 0 Å². The Morgan fingerprint density at radius 2 is 1.81 bits per heavy atom. The number of benzene rings is 1. The largest absolute Gasteiger partial charge is 0.390 e. The minimum Gasteiger partial charge on any atom is -0.390 e. The van der Waals surface area contributed by atoms with Gasteiger partial charge in [-0.3, -0.25) is 4.79 Å². The maximum Gasteiger partial charge on any atom is 0.195 e. The zero-order valence-corrected chi connectivity index (χ0v) is 19.7. The number of ketones is 1. The van der Waals surface area contributed by atoms with E-state index in [0.717, 1.165) is 58.2 Å². The van der Waals surface area contributed by atoms with Crippen molar-refractivity contribution in [2.75, 3.05) is 0 Å². The standard InChI is InChI=1S/C27H35NO2S/c1-26(30)13-11-17-16(15-26)7-8-19-18(17)12-14-27(2)20(19)9-10-21(27)24(29)25-28-22-5-3-4-6-23(22)31-25/h3-6,16-21,30H,7-15H2,1-2H3/t16-,17+,18-,19-,20+,21-,26-,27+/m1/s1. The van der Waals surface area contributed by atoms with Gasteiger partial charge in [0.25, 0.3) is 0 Å². The number of Topliss-reactive ketones (excluding diaryl/α,β-unsaturated/α-hetero) is 1. The van der Waals surface area contributed by atoms with Gasteiger partial charge in [-0.2, -0.15) is 0 Å². The number of para-hydroxylation sites is 1. The molecular weight excluding hydrogens is 402 g/mol. The van der Waals surface area contributed by atoms with Gasteiger partial charge in [-0.05, 0) is 112 Å². The molecule has 4 aliphatic rings. The maximum absolute atomic E-state index is 13.7. The number of thiazole rings is 1. The second-order valence-corrected chi connectivity index (χ2v) is 12.7. The van der Waals surface area contributed by atoms with Crippen LogP contribution in [0.2, 0.25) is 0 Å². The summed E-state index contributed by atoms with van der Waals surface area (Å²) in [5.74, 6) is 4.28. The fourth-order valence-corrected chi connectivity index (χ4v) is 9.60. The molecule has 1 aromatic carbocycles. The number of hydrogen-bond donors (Lipinski definition) is 1. The van der Waals surface area contributed by atoms with Crippen molar-refractivity contribution >= 4 is 27.3 Å². The average molecular weight is 438 g/mol. The molecule has 1 heterocycles. The number of nitrogens with zero attached hydrogens (tertiary/aromatic N) is 1. The second kappa shape index (κ2) is 7.12. The quantitative estimate of drug-likeness (QED) is 0.546. The van der Waals surface area contributed by atoms with Crippen LogP contribution in [0.4, 0.5) is 0 Å². The highest BCUT2D eigenvalue weighted by atomic mass is 32.1. The molecule has 1 N–H and O–H groups in total. The molecule has 4 fully saturated rings. The third-order valence-corrected chi connectivity index (χ3v) is 11.1. The summed E-state index contributed by atoms with van der Waals surface area (Å²) in [6.07, 6.45) is 10.5. The Labute approximate surface area is 189 Å². The molecule has 166 valence electrons. The Hall–Kier alpha value is -1.26. The summed E-state index contributed by atoms with van der Waals surface area (Å²) in [6.45, 7) is 4.48. The Morgan fingerprint density at radius 1 is 1.00 bits per heavy atom. The normalized spacial score (nSPS) is 44.5. The highest BCUT2D eigenvalue weighted by Crippen LogP contribution is 2.65. The molecule has 0 unspecified atom stereocenters. The number of aliphatic hydroxyl groups is 1. The van der Waals surface area contributed by atoms with Crippen LogP contribution >= 0.6 is 11.3 Å². The first-order valence-electron chi connectivity index (χ1n) is 12.5. The van der Waals surface area contributed by atoms with E-state index in [4.69, 9.17) is 4.98 Å². The van der Waals surface area contributed by atoms with Gasteiger partial charge in [0, 0.05) is 5.92 Å². The summed E-state index contributed by atoms with van der Waals surface area (Å²) in [7, 11) is 0. The summed E-state index contributed by atoms with van der Waals surface area (Å²) < 4.78 is 1.13. The Bertz CT molecular complexity index is 979. The van der Waals surface area contributed by atoms with E-state index >= 15 is 0 Å². The van der Waals surface area contributed by atoms with Crippen molar-refractivity contribution in [3.63, 3.8) is 0 Å². The first kappa shape index (κ1) is 20.4. The Kier molecular flexibility index (Phi) is 4.67. The van der Waals surface area contributed by atoms with Crippen molar-refractivity contribution in [1.82, 2.24) is 4.98 Å². The van der Waals surface area contributed by atoms with E-state index in [1.165, 1.54) is 38.5 Å². The monoisotopic (exact) mass is 437 g/mol. The van der Waals surface area contributed by atoms with E-state index in [2.05, 4.69) is 13.0 Å². The number of fused-ring (bicyclic) bond motifs is 6. The predicted octanol–water partition coefficient (Wildman–Crippen LogP) is 6.50. The number of carbonyl (C=O) groups is 1. The van der Waals surface area contributed by atoms with E-state index in [-0.39, 0.29) is 11.3 Å². The van der Waals surface area contributed by atoms with Gasteiger partial charge >= 0.3 is 0 Å². The number of rotatable bonds is 2. The number of aromatic nitrogens is 1. The molecule has 0 radical (unpaired) electrons. The van der Waals surface area contributed by atoms with Crippen molar-refractivity contribution in [2.45, 2.75) is 77.2 Å². The van der Waals surface area contributed by atoms with Crippen molar-refractivity contribution in [3.8, 4) is 0 Å². The van der Waals surface area contributed by atoms with Gasteiger partial charge in [-0.15, -0.1) is 11.3 Å². The molecule has 2 aromatic rings. The molecule has 0 bridgehead atoms. The van der Waals surface area contributed by atoms with Crippen LogP contribution in [0.5, 0.6) is 0 Å². The summed E-state index contributed by atoms with van der Waals surface area (Å²) in [4.78, 5) is 18.4. The predicted molar refractivity (Wildman–Crippen MR) is 125 cm³/mol. The fourth-order valence-electron chi connectivity index (χ4n) is 8.64. The van der Waals surface area contributed by atoms with Gasteiger partial charge in [-0.1, -0.05) is 19.1 Å². The molecule has 6 rings (SSSR count). The first-order valence-corrected chi connectivity index (χ1v) is 13.3. The van der Waals surface area contributed by atoms with E-state index < -0.39 is 5.60 Å². The van der Waals surface area contributed by atoms with Crippen LogP contribution in [0.25, 0.3) is 10.2 Å². The van der Waals surface area contributed by atoms with Crippen LogP contribution in [0.1, 0.15) is 81.4 Å². The topological polar surface area (TPSA) is 50.2 Å². The smallest absolute Gasteiger partial charge is 0.195 e. The van der Waals surface area contributed by atoms with Gasteiger partial charge in [0.2, 0.25) is 0 Å². The van der Waals surface area contributed by atoms with Crippen molar-refractivity contribution in [3.05, 3.63) is 29.3 Å². The van der Waals surface area contributed by atoms with Crippen LogP contribution in [-0.4, -0.2) is 21.5 Å². The summed E-state index contributed by atoms with van der Waals surface area (Å²) in [5.41, 5.74) is 0.661. The molecular formula is C27H35NO2S. The molecule has 0 saturated heterocycles. The minimum atomic E-state index is -0.445. The van der Waals surface area contributed by atoms with E-state index in [9.17, 15) is 9.90 Å². The van der Waals surface area contributed by atoms with Gasteiger partial charge in [0.15, 0.2) is 10.8 Å². The minimum absolute atomic E-state index is 0.142. The van der Waals surface area contributed by atoms with Crippen molar-refractivity contribution in [2.24, 2.45) is 40.9 Å². The lowest BCUT2D eigenvalue weighted by Gasteiger charge is -2.56. The summed E-state index contributed by atoms with van der Waals surface area (Å²) in [5, 5.41) is 11.3. The van der Waals surface area contributed by atoms with Gasteiger partial charge < -0.3 is 5.11 Å². The molecule has 31 heavy (non-hydrogen) atoms. The number of carbonyl (C=O) groups excluding carboxylic acids is 1. The lowest BCUT2D eigenvalue weighted by Crippen LogP contribution is -2.51. The molecule has 0 spiro atoms. The van der Waals surface area contributed by atoms with E-state index in [0.29, 0.717) is 11.7 Å². The van der Waals surface area contributed by atoms with Crippen molar-refractivity contribution < 1.29 is 9.90 Å². The molecule has 0 aliphatic heterocycles. The maximum atomic E-state index is 13.7. The molecule has 4 aliphatic carbocycles. The third-order valence-electron chi connectivity index (χ3n) is 10.1. The zero-order chi connectivity index (χ0) is 21.4. The van der Waals surface area contributed by atoms with Crippen LogP contribution in [-0.2, 0) is 0 Å². The third kappa shape index (κ3) is 3.15. The molecule has 3 nitrogen and oxygen atoms in total. The van der Waals surface area contributed by atoms with Crippen LogP contribution < -0.4 is 0 Å². The lowest BCUT2D eigenvalue weighted by molar-refractivity contribution is -0.0976. The Balaban J connectivity index is 1.24. The molecule has 8 atom stereocenters. The van der Waals surface area contributed by atoms with E-state index in [1.54, 1.807) is 11.3 Å². The fraction of sp³-hybridized carbons (Fsp3) is 0.704. The highest BCUT2D eigenvalue weighted by Gasteiger charge is 2.59. The highest BCUT2D eigenvalue weighted by molar-refractivity contribution is 7.20. The van der Waals surface area contributed by atoms with Crippen LogP contribution in [0, 0.1) is 40.9 Å². The van der Waals surface area contributed by atoms with Crippen LogP contribution in [0.15, 0.2) is 24.3 Å². The molecule has 1 aromatic heterocycles. The molecule has 4 saturated carbocycles. The second-order valence-electron chi connectivity index (χ2n) is 11.7. The number of hydrogen-bond acceptors (Lipinski definition) is 4. The average Bonchev–Trinajstić information content (AvgIpc) is 3.33. The van der Waals surface area contributed by atoms with Gasteiger partial charge in [-0.25, -0.2) is 4.98 Å². The molecule has 0 amide bonds. The summed E-state index contributed by atoms with van der Waals surface area (Å²) in [6, 6.07) is 8.14. The summed E-state index contributed by atoms with van der Waals surface area (Å²) >= 11 is 1.58. The first-order chi connectivity index (χ1) is 14.9. The SMILES string of the molecule is C[C@@]1(O)CC[C@H]2[C@H](CC[C@@H]3[C@@H]2CC[C@]2(C)[C@@H](C(=O)c4nc5ccccc5s4)CC[C@@H]32)C1. The Morgan fingerprint density at radius 3 is 2.65 bits per heavy atom. The van der Waals surface area contributed by atoms with Crippen molar-refractivity contribution in [1.29, 1.82) is 0 Å². The lowest BCUT2D eigenvalue weighted by atomic mass is 9.49. The molecule has 4 heteroatoms. The van der Waals surface area contributed by atoms with Gasteiger partial charge in [0.1, 0.15) is 0 Å². The van der Waals surface area contributed by atoms with Gasteiger partial charge in [0.05, 0.1) is 15.8 Å². The zero-order valence-electron chi connectivity index (χ0n) is 18.8. The van der Waals surface area contributed by atoms with E-state index in [1.807, 2.05) is 25.1 Å².